The van der Waals surface area contributed by atoms with Crippen LogP contribution in [0.1, 0.15) is 35.2 Å². The van der Waals surface area contributed by atoms with E-state index in [0.717, 1.165) is 23.2 Å². The fourth-order valence-corrected chi connectivity index (χ4v) is 2.42. The lowest BCUT2D eigenvalue weighted by atomic mass is 9.94. The smallest absolute Gasteiger partial charge is 0.126 e. The SMILES string of the molecule is CCNC(c1ccc(F)c(C)c1)c1ccc(F)cc1C. The van der Waals surface area contributed by atoms with E-state index < -0.39 is 0 Å². The summed E-state index contributed by atoms with van der Waals surface area (Å²) in [5, 5.41) is 3.38. The van der Waals surface area contributed by atoms with Crippen molar-refractivity contribution in [1.82, 2.24) is 5.32 Å². The summed E-state index contributed by atoms with van der Waals surface area (Å²) in [7, 11) is 0. The highest BCUT2D eigenvalue weighted by Gasteiger charge is 2.16. The average molecular weight is 275 g/mol. The van der Waals surface area contributed by atoms with Crippen LogP contribution in [0.25, 0.3) is 0 Å². The van der Waals surface area contributed by atoms with Gasteiger partial charge in [-0.3, -0.25) is 0 Å². The maximum atomic E-state index is 13.4. The Morgan fingerprint density at radius 3 is 2.35 bits per heavy atom. The summed E-state index contributed by atoms with van der Waals surface area (Å²) in [4.78, 5) is 0. The molecular weight excluding hydrogens is 256 g/mol. The van der Waals surface area contributed by atoms with Gasteiger partial charge in [0.05, 0.1) is 6.04 Å². The van der Waals surface area contributed by atoms with Gasteiger partial charge in [-0.2, -0.15) is 0 Å². The van der Waals surface area contributed by atoms with E-state index in [1.165, 1.54) is 18.2 Å². The lowest BCUT2D eigenvalue weighted by molar-refractivity contribution is 0.600. The van der Waals surface area contributed by atoms with E-state index in [4.69, 9.17) is 0 Å². The van der Waals surface area contributed by atoms with Gasteiger partial charge in [0.25, 0.3) is 0 Å². The van der Waals surface area contributed by atoms with Crippen molar-refractivity contribution in [1.29, 1.82) is 0 Å². The van der Waals surface area contributed by atoms with Gasteiger partial charge in [0, 0.05) is 0 Å². The van der Waals surface area contributed by atoms with E-state index >= 15 is 0 Å². The highest BCUT2D eigenvalue weighted by atomic mass is 19.1. The van der Waals surface area contributed by atoms with E-state index in [1.807, 2.05) is 19.9 Å². The standard InChI is InChI=1S/C17H19F2N/c1-4-20-17(13-5-8-16(19)12(3)9-13)15-7-6-14(18)10-11(15)2/h5-10,17,20H,4H2,1-3H3. The van der Waals surface area contributed by atoms with Crippen molar-refractivity contribution in [3.8, 4) is 0 Å². The molecule has 0 amide bonds. The number of rotatable bonds is 4. The van der Waals surface area contributed by atoms with Crippen LogP contribution < -0.4 is 5.32 Å². The zero-order chi connectivity index (χ0) is 14.7. The third kappa shape index (κ3) is 3.05. The molecule has 3 heteroatoms. The Bertz CT molecular complexity index is 608. The molecule has 0 aliphatic heterocycles. The van der Waals surface area contributed by atoms with E-state index in [-0.39, 0.29) is 17.7 Å². The van der Waals surface area contributed by atoms with Crippen LogP contribution in [0.15, 0.2) is 36.4 Å². The summed E-state index contributed by atoms with van der Waals surface area (Å²) in [5.74, 6) is -0.448. The molecule has 1 unspecified atom stereocenters. The molecular formula is C17H19F2N. The molecule has 0 spiro atoms. The van der Waals surface area contributed by atoms with Gasteiger partial charge in [-0.25, -0.2) is 8.78 Å². The molecule has 1 nitrogen and oxygen atoms in total. The van der Waals surface area contributed by atoms with Gasteiger partial charge in [-0.15, -0.1) is 0 Å². The number of halogens is 2. The zero-order valence-electron chi connectivity index (χ0n) is 12.0. The Hall–Kier alpha value is -1.74. The minimum atomic E-state index is -0.239. The minimum Gasteiger partial charge on any atom is -0.307 e. The normalized spacial score (nSPS) is 12.4. The Balaban J connectivity index is 2.47. The molecule has 0 fully saturated rings. The molecule has 0 saturated heterocycles. The van der Waals surface area contributed by atoms with Crippen molar-refractivity contribution in [2.45, 2.75) is 26.8 Å². The van der Waals surface area contributed by atoms with Crippen LogP contribution >= 0.6 is 0 Å². The van der Waals surface area contributed by atoms with Crippen molar-refractivity contribution in [2.75, 3.05) is 6.54 Å². The maximum Gasteiger partial charge on any atom is 0.126 e. The lowest BCUT2D eigenvalue weighted by Crippen LogP contribution is -2.23. The summed E-state index contributed by atoms with van der Waals surface area (Å²) < 4.78 is 26.7. The molecule has 1 N–H and O–H groups in total. The minimum absolute atomic E-state index is 0.0556. The van der Waals surface area contributed by atoms with Crippen LogP contribution in [0.5, 0.6) is 0 Å². The van der Waals surface area contributed by atoms with Gasteiger partial charge in [-0.05, 0) is 60.8 Å². The molecule has 2 aromatic carbocycles. The van der Waals surface area contributed by atoms with Crippen molar-refractivity contribution in [3.05, 3.63) is 70.3 Å². The van der Waals surface area contributed by atoms with Gasteiger partial charge >= 0.3 is 0 Å². The van der Waals surface area contributed by atoms with Gasteiger partial charge in [0.2, 0.25) is 0 Å². The highest BCUT2D eigenvalue weighted by Crippen LogP contribution is 2.26. The molecule has 106 valence electrons. The summed E-state index contributed by atoms with van der Waals surface area (Å²) >= 11 is 0. The molecule has 0 radical (unpaired) electrons. The molecule has 20 heavy (non-hydrogen) atoms. The molecule has 1 atom stereocenters. The first-order valence-corrected chi connectivity index (χ1v) is 6.78. The van der Waals surface area contributed by atoms with E-state index in [9.17, 15) is 8.78 Å². The number of aryl methyl sites for hydroxylation is 2. The third-order valence-corrected chi connectivity index (χ3v) is 3.47. The number of benzene rings is 2. The predicted molar refractivity (Wildman–Crippen MR) is 77.8 cm³/mol. The molecule has 0 aliphatic rings. The highest BCUT2D eigenvalue weighted by molar-refractivity contribution is 5.38. The number of hydrogen-bond donors (Lipinski definition) is 1. The Morgan fingerprint density at radius 1 is 1.00 bits per heavy atom. The van der Waals surface area contributed by atoms with Crippen molar-refractivity contribution in [3.63, 3.8) is 0 Å². The third-order valence-electron chi connectivity index (χ3n) is 3.47. The van der Waals surface area contributed by atoms with Gasteiger partial charge in [0.15, 0.2) is 0 Å². The quantitative estimate of drug-likeness (QED) is 0.878. The Labute approximate surface area is 118 Å². The van der Waals surface area contributed by atoms with Crippen LogP contribution in [0.2, 0.25) is 0 Å². The molecule has 0 heterocycles. The first kappa shape index (κ1) is 14.7. The van der Waals surface area contributed by atoms with E-state index in [0.29, 0.717) is 5.56 Å². The molecule has 0 bridgehead atoms. The Kier molecular flexibility index (Phi) is 4.50. The predicted octanol–water partition coefficient (Wildman–Crippen LogP) is 4.28. The largest absolute Gasteiger partial charge is 0.307 e. The van der Waals surface area contributed by atoms with E-state index in [2.05, 4.69) is 5.32 Å². The van der Waals surface area contributed by atoms with Crippen LogP contribution in [0, 0.1) is 25.5 Å². The van der Waals surface area contributed by atoms with Crippen molar-refractivity contribution >= 4 is 0 Å². The maximum absolute atomic E-state index is 13.4. The average Bonchev–Trinajstić information content (AvgIpc) is 2.40. The van der Waals surface area contributed by atoms with Crippen LogP contribution in [0.3, 0.4) is 0 Å². The van der Waals surface area contributed by atoms with Gasteiger partial charge in [0.1, 0.15) is 11.6 Å². The number of nitrogens with one attached hydrogen (secondary N) is 1. The first-order valence-electron chi connectivity index (χ1n) is 6.78. The molecule has 0 saturated carbocycles. The fourth-order valence-electron chi connectivity index (χ4n) is 2.42. The number of hydrogen-bond acceptors (Lipinski definition) is 1. The van der Waals surface area contributed by atoms with Crippen LogP contribution in [-0.4, -0.2) is 6.54 Å². The summed E-state index contributed by atoms with van der Waals surface area (Å²) in [6.07, 6.45) is 0. The van der Waals surface area contributed by atoms with Gasteiger partial charge in [-0.1, -0.05) is 25.1 Å². The molecule has 0 aliphatic carbocycles. The van der Waals surface area contributed by atoms with Crippen LogP contribution in [0.4, 0.5) is 8.78 Å². The van der Waals surface area contributed by atoms with Crippen molar-refractivity contribution < 1.29 is 8.78 Å². The zero-order valence-corrected chi connectivity index (χ0v) is 12.0. The second kappa shape index (κ2) is 6.14. The fraction of sp³-hybridized carbons (Fsp3) is 0.294. The monoisotopic (exact) mass is 275 g/mol. The topological polar surface area (TPSA) is 12.0 Å². The van der Waals surface area contributed by atoms with E-state index in [1.54, 1.807) is 19.1 Å². The first-order chi connectivity index (χ1) is 9.52. The lowest BCUT2D eigenvalue weighted by Gasteiger charge is -2.21. The second-order valence-corrected chi connectivity index (χ2v) is 5.00. The molecule has 2 aromatic rings. The summed E-state index contributed by atoms with van der Waals surface area (Å²) in [6.45, 7) is 6.43. The van der Waals surface area contributed by atoms with Gasteiger partial charge < -0.3 is 5.32 Å². The summed E-state index contributed by atoms with van der Waals surface area (Å²) in [5.41, 5.74) is 3.50. The second-order valence-electron chi connectivity index (χ2n) is 5.00. The van der Waals surface area contributed by atoms with Crippen molar-refractivity contribution in [2.24, 2.45) is 0 Å². The van der Waals surface area contributed by atoms with Crippen LogP contribution in [-0.2, 0) is 0 Å². The molecule has 0 aromatic heterocycles. The molecule has 2 rings (SSSR count). The summed E-state index contributed by atoms with van der Waals surface area (Å²) in [6, 6.07) is 9.81. The Morgan fingerprint density at radius 2 is 1.75 bits per heavy atom.